The summed E-state index contributed by atoms with van der Waals surface area (Å²) >= 11 is 1.71. The number of carbonyl (C=O) groups is 3. The maximum absolute atomic E-state index is 13.8. The Labute approximate surface area is 250 Å². The van der Waals surface area contributed by atoms with E-state index >= 15 is 0 Å². The SMILES string of the molecule is COC(=O)c1ccc(C2C3=C(CC(C)(C)CC3=O)Nc3ccccc3N2CC(=O)NCCSCc2nc[nH]c2C)cc1. The van der Waals surface area contributed by atoms with Crippen LogP contribution >= 0.6 is 11.8 Å². The summed E-state index contributed by atoms with van der Waals surface area (Å²) in [6.07, 6.45) is 2.80. The number of benzene rings is 2. The van der Waals surface area contributed by atoms with Gasteiger partial charge in [0.05, 0.1) is 48.7 Å². The molecule has 2 heterocycles. The standard InChI is InChI=1S/C32H37N5O4S/c1-20-25(35-19-34-20)18-42-14-13-33-28(39)17-37-26-8-6-5-7-23(26)36-24-15-32(2,3)16-27(38)29(24)30(37)21-9-11-22(12-10-21)31(40)41-4/h5-12,19,30,36H,13-18H2,1-4H3,(H,33,39)(H,34,35). The van der Waals surface area contributed by atoms with Gasteiger partial charge in [0.15, 0.2) is 5.78 Å². The maximum atomic E-state index is 13.8. The third-order valence-corrected chi connectivity index (χ3v) is 8.68. The van der Waals surface area contributed by atoms with Crippen LogP contribution in [0.2, 0.25) is 0 Å². The Morgan fingerprint density at radius 1 is 1.14 bits per heavy atom. The zero-order chi connectivity index (χ0) is 29.9. The number of esters is 1. The topological polar surface area (TPSA) is 116 Å². The summed E-state index contributed by atoms with van der Waals surface area (Å²) in [7, 11) is 1.35. The number of anilines is 2. The molecular weight excluding hydrogens is 550 g/mol. The quantitative estimate of drug-likeness (QED) is 0.232. The predicted octanol–water partition coefficient (Wildman–Crippen LogP) is 5.17. The molecule has 0 bridgehead atoms. The number of methoxy groups -OCH3 is 1. The highest BCUT2D eigenvalue weighted by atomic mass is 32.2. The fraction of sp³-hybridized carbons (Fsp3) is 0.375. The van der Waals surface area contributed by atoms with Gasteiger partial charge >= 0.3 is 5.97 Å². The number of aromatic amines is 1. The number of aromatic nitrogens is 2. The lowest BCUT2D eigenvalue weighted by atomic mass is 9.73. The number of H-pyrrole nitrogens is 1. The van der Waals surface area contributed by atoms with E-state index in [0.717, 1.165) is 45.5 Å². The van der Waals surface area contributed by atoms with Crippen molar-refractivity contribution in [1.82, 2.24) is 15.3 Å². The molecule has 5 rings (SSSR count). The van der Waals surface area contributed by atoms with E-state index in [1.807, 2.05) is 48.2 Å². The van der Waals surface area contributed by atoms with E-state index in [1.54, 1.807) is 30.2 Å². The van der Waals surface area contributed by atoms with E-state index in [4.69, 9.17) is 4.74 Å². The Kier molecular flexibility index (Phi) is 8.72. The first-order valence-electron chi connectivity index (χ1n) is 14.1. The third kappa shape index (κ3) is 6.38. The molecule has 0 radical (unpaired) electrons. The summed E-state index contributed by atoms with van der Waals surface area (Å²) in [5.74, 6) is 1.01. The predicted molar refractivity (Wildman–Crippen MR) is 165 cm³/mol. The Bertz CT molecular complexity index is 1510. The van der Waals surface area contributed by atoms with Gasteiger partial charge in [-0.1, -0.05) is 38.1 Å². The molecule has 2 aliphatic rings. The smallest absolute Gasteiger partial charge is 0.337 e. The first-order valence-corrected chi connectivity index (χ1v) is 15.2. The molecule has 1 aliphatic heterocycles. The van der Waals surface area contributed by atoms with E-state index in [0.29, 0.717) is 30.5 Å². The summed E-state index contributed by atoms with van der Waals surface area (Å²) in [5.41, 5.74) is 6.33. The van der Waals surface area contributed by atoms with Crippen molar-refractivity contribution in [2.24, 2.45) is 5.41 Å². The Balaban J connectivity index is 1.44. The second-order valence-corrected chi connectivity index (χ2v) is 12.6. The number of amides is 1. The highest BCUT2D eigenvalue weighted by Crippen LogP contribution is 2.48. The van der Waals surface area contributed by atoms with Gasteiger partial charge in [-0.15, -0.1) is 0 Å². The Hall–Kier alpha value is -4.05. The molecule has 0 fully saturated rings. The number of nitrogens with zero attached hydrogens (tertiary/aromatic N) is 2. The molecule has 42 heavy (non-hydrogen) atoms. The second-order valence-electron chi connectivity index (χ2n) is 11.5. The van der Waals surface area contributed by atoms with Crippen molar-refractivity contribution in [1.29, 1.82) is 0 Å². The van der Waals surface area contributed by atoms with E-state index < -0.39 is 12.0 Å². The molecule has 0 spiro atoms. The fourth-order valence-electron chi connectivity index (χ4n) is 5.67. The molecule has 220 valence electrons. The number of thioether (sulfide) groups is 1. The molecule has 0 saturated carbocycles. The minimum absolute atomic E-state index is 0.0543. The zero-order valence-corrected chi connectivity index (χ0v) is 25.3. The molecule has 3 aromatic rings. The van der Waals surface area contributed by atoms with Crippen LogP contribution in [-0.4, -0.2) is 53.6 Å². The number of aryl methyl sites for hydroxylation is 1. The highest BCUT2D eigenvalue weighted by Gasteiger charge is 2.41. The average molecular weight is 588 g/mol. The van der Waals surface area contributed by atoms with Gasteiger partial charge in [0, 0.05) is 41.4 Å². The van der Waals surface area contributed by atoms with Crippen LogP contribution in [0.1, 0.15) is 60.0 Å². The Morgan fingerprint density at radius 3 is 2.62 bits per heavy atom. The van der Waals surface area contributed by atoms with Gasteiger partial charge in [-0.25, -0.2) is 9.78 Å². The van der Waals surface area contributed by atoms with Crippen molar-refractivity contribution >= 4 is 40.8 Å². The van der Waals surface area contributed by atoms with Gasteiger partial charge in [0.25, 0.3) is 0 Å². The summed E-state index contributed by atoms with van der Waals surface area (Å²) in [5, 5.41) is 6.63. The maximum Gasteiger partial charge on any atom is 0.337 e. The second kappa shape index (κ2) is 12.4. The summed E-state index contributed by atoms with van der Waals surface area (Å²) in [4.78, 5) is 48.8. The lowest BCUT2D eigenvalue weighted by Crippen LogP contribution is -2.42. The van der Waals surface area contributed by atoms with Gasteiger partial charge in [0.1, 0.15) is 0 Å². The van der Waals surface area contributed by atoms with Crippen LogP contribution in [0, 0.1) is 12.3 Å². The normalized spacial score (nSPS) is 17.6. The third-order valence-electron chi connectivity index (χ3n) is 7.71. The molecule has 9 nitrogen and oxygen atoms in total. The van der Waals surface area contributed by atoms with Crippen LogP contribution < -0.4 is 15.5 Å². The van der Waals surface area contributed by atoms with Crippen LogP contribution in [0.3, 0.4) is 0 Å². The van der Waals surface area contributed by atoms with Crippen molar-refractivity contribution in [3.8, 4) is 0 Å². The number of para-hydroxylation sites is 2. The van der Waals surface area contributed by atoms with E-state index in [1.165, 1.54) is 7.11 Å². The van der Waals surface area contributed by atoms with Gasteiger partial charge in [-0.05, 0) is 48.6 Å². The number of imidazole rings is 1. The number of carbonyl (C=O) groups excluding carboxylic acids is 3. The van der Waals surface area contributed by atoms with Crippen LogP contribution in [0.5, 0.6) is 0 Å². The molecule has 1 aromatic heterocycles. The van der Waals surface area contributed by atoms with Crippen LogP contribution in [0.25, 0.3) is 0 Å². The summed E-state index contributed by atoms with van der Waals surface area (Å²) < 4.78 is 4.89. The number of ketones is 1. The first kappa shape index (κ1) is 29.4. The first-order chi connectivity index (χ1) is 20.2. The van der Waals surface area contributed by atoms with Crippen molar-refractivity contribution in [3.63, 3.8) is 0 Å². The number of ether oxygens (including phenoxy) is 1. The molecule has 1 atom stereocenters. The lowest BCUT2D eigenvalue weighted by molar-refractivity contribution is -0.120. The summed E-state index contributed by atoms with van der Waals surface area (Å²) in [6, 6.07) is 14.4. The molecule has 0 saturated heterocycles. The van der Waals surface area contributed by atoms with Gasteiger partial charge in [0.2, 0.25) is 5.91 Å². The molecule has 3 N–H and O–H groups in total. The fourth-order valence-corrected chi connectivity index (χ4v) is 6.54. The van der Waals surface area contributed by atoms with E-state index in [9.17, 15) is 14.4 Å². The zero-order valence-electron chi connectivity index (χ0n) is 24.5. The van der Waals surface area contributed by atoms with Gasteiger partial charge in [-0.3, -0.25) is 9.59 Å². The molecular formula is C32H37N5O4S. The minimum Gasteiger partial charge on any atom is -0.465 e. The number of hydrogen-bond donors (Lipinski definition) is 3. The molecule has 2 aromatic carbocycles. The van der Waals surface area contributed by atoms with Crippen molar-refractivity contribution in [3.05, 3.63) is 88.6 Å². The van der Waals surface area contributed by atoms with Crippen molar-refractivity contribution in [2.75, 3.05) is 36.2 Å². The monoisotopic (exact) mass is 587 g/mol. The van der Waals surface area contributed by atoms with E-state index in [-0.39, 0.29) is 23.7 Å². The van der Waals surface area contributed by atoms with Crippen LogP contribution in [-0.2, 0) is 20.1 Å². The summed E-state index contributed by atoms with van der Waals surface area (Å²) in [6.45, 7) is 6.77. The molecule has 1 aliphatic carbocycles. The lowest BCUT2D eigenvalue weighted by Gasteiger charge is -2.38. The van der Waals surface area contributed by atoms with Gasteiger partial charge in [-0.2, -0.15) is 11.8 Å². The molecule has 1 amide bonds. The van der Waals surface area contributed by atoms with Crippen molar-refractivity contribution in [2.45, 2.75) is 45.4 Å². The van der Waals surface area contributed by atoms with Crippen LogP contribution in [0.4, 0.5) is 11.4 Å². The number of allylic oxidation sites excluding steroid dienone is 1. The number of rotatable bonds is 9. The highest BCUT2D eigenvalue weighted by molar-refractivity contribution is 7.98. The number of Topliss-reactive ketones (excluding diaryl/α,β-unsaturated/α-hetero) is 1. The van der Waals surface area contributed by atoms with E-state index in [2.05, 4.69) is 34.4 Å². The van der Waals surface area contributed by atoms with Gasteiger partial charge < -0.3 is 25.3 Å². The number of fused-ring (bicyclic) bond motifs is 1. The number of nitrogens with one attached hydrogen (secondary N) is 3. The Morgan fingerprint density at radius 2 is 1.90 bits per heavy atom. The average Bonchev–Trinajstić information content (AvgIpc) is 3.31. The van der Waals surface area contributed by atoms with Crippen LogP contribution in [0.15, 0.2) is 66.1 Å². The minimum atomic E-state index is -0.519. The molecule has 10 heteroatoms. The largest absolute Gasteiger partial charge is 0.465 e. The number of hydrogen-bond acceptors (Lipinski definition) is 8. The van der Waals surface area contributed by atoms with Crippen molar-refractivity contribution < 1.29 is 19.1 Å². The molecule has 1 unspecified atom stereocenters.